The Bertz CT molecular complexity index is 200. The molecule has 3 N–H and O–H groups in total. The van der Waals surface area contributed by atoms with Crippen LogP contribution in [0, 0.1) is 5.92 Å². The fourth-order valence-electron chi connectivity index (χ4n) is 1.49. The number of hydrogen-bond donors (Lipinski definition) is 3. The number of β-amino-alcohol motifs (C(OH)–C–C–N with tert-alkyl or cyclic N) is 1. The van der Waals surface area contributed by atoms with Crippen molar-refractivity contribution < 1.29 is 9.90 Å². The summed E-state index contributed by atoms with van der Waals surface area (Å²) in [5.41, 5.74) is -0.733. The van der Waals surface area contributed by atoms with Gasteiger partial charge in [-0.25, -0.2) is 0 Å². The fraction of sp³-hybridized carbons (Fsp3) is 0.900. The van der Waals surface area contributed by atoms with E-state index in [0.717, 1.165) is 13.0 Å². The highest BCUT2D eigenvalue weighted by atomic mass is 16.3. The lowest BCUT2D eigenvalue weighted by Gasteiger charge is -2.22. The summed E-state index contributed by atoms with van der Waals surface area (Å²) >= 11 is 0. The van der Waals surface area contributed by atoms with Gasteiger partial charge in [-0.15, -0.1) is 0 Å². The summed E-state index contributed by atoms with van der Waals surface area (Å²) in [5, 5.41) is 15.8. The minimum absolute atomic E-state index is 0.0350. The van der Waals surface area contributed by atoms with Gasteiger partial charge in [0.1, 0.15) is 0 Å². The molecule has 4 heteroatoms. The zero-order valence-corrected chi connectivity index (χ0v) is 8.97. The molecule has 82 valence electrons. The van der Waals surface area contributed by atoms with Gasteiger partial charge in [-0.1, -0.05) is 13.8 Å². The van der Waals surface area contributed by atoms with Gasteiger partial charge in [0.15, 0.2) is 0 Å². The van der Waals surface area contributed by atoms with Crippen LogP contribution in [0.3, 0.4) is 0 Å². The summed E-state index contributed by atoms with van der Waals surface area (Å²) in [6.07, 6.45) is 1.55. The monoisotopic (exact) mass is 200 g/mol. The highest BCUT2D eigenvalue weighted by molar-refractivity contribution is 5.78. The number of nitrogens with one attached hydrogen (secondary N) is 2. The van der Waals surface area contributed by atoms with Gasteiger partial charge in [0.25, 0.3) is 0 Å². The molecule has 0 spiro atoms. The summed E-state index contributed by atoms with van der Waals surface area (Å²) in [5.74, 6) is 0.0702. The van der Waals surface area contributed by atoms with E-state index in [1.165, 1.54) is 0 Å². The lowest BCUT2D eigenvalue weighted by Crippen LogP contribution is -2.45. The maximum atomic E-state index is 11.4. The molecule has 2 atom stereocenters. The standard InChI is InChI=1S/C10H20N2O2/c1-3-8(2)9(13)12-7-10(14)4-5-11-6-10/h8,11,14H,3-7H2,1-2H3,(H,12,13). The Morgan fingerprint density at radius 3 is 2.93 bits per heavy atom. The van der Waals surface area contributed by atoms with Crippen molar-refractivity contribution >= 4 is 5.91 Å². The molecule has 1 amide bonds. The van der Waals surface area contributed by atoms with Crippen molar-refractivity contribution in [2.75, 3.05) is 19.6 Å². The fourth-order valence-corrected chi connectivity index (χ4v) is 1.49. The highest BCUT2D eigenvalue weighted by Crippen LogP contribution is 2.12. The Balaban J connectivity index is 2.29. The van der Waals surface area contributed by atoms with E-state index in [9.17, 15) is 9.90 Å². The number of carbonyl (C=O) groups excluding carboxylic acids is 1. The second-order valence-corrected chi connectivity index (χ2v) is 4.18. The quantitative estimate of drug-likeness (QED) is 0.592. The Kier molecular flexibility index (Phi) is 3.89. The van der Waals surface area contributed by atoms with E-state index < -0.39 is 5.60 Å². The van der Waals surface area contributed by atoms with Gasteiger partial charge in [-0.05, 0) is 19.4 Å². The molecule has 0 aliphatic carbocycles. The Hall–Kier alpha value is -0.610. The molecule has 1 heterocycles. The molecule has 14 heavy (non-hydrogen) atoms. The van der Waals surface area contributed by atoms with Crippen LogP contribution in [0.2, 0.25) is 0 Å². The molecule has 1 rings (SSSR count). The molecule has 1 aliphatic heterocycles. The molecular formula is C10H20N2O2. The maximum Gasteiger partial charge on any atom is 0.222 e. The molecule has 1 fully saturated rings. The van der Waals surface area contributed by atoms with E-state index in [1.807, 2.05) is 13.8 Å². The number of hydrogen-bond acceptors (Lipinski definition) is 3. The number of carbonyl (C=O) groups is 1. The summed E-state index contributed by atoms with van der Waals surface area (Å²) in [6, 6.07) is 0. The van der Waals surface area contributed by atoms with Crippen LogP contribution in [0.5, 0.6) is 0 Å². The molecule has 0 aromatic carbocycles. The zero-order valence-electron chi connectivity index (χ0n) is 8.97. The molecule has 0 aromatic rings. The van der Waals surface area contributed by atoms with E-state index >= 15 is 0 Å². The van der Waals surface area contributed by atoms with Crippen LogP contribution in [-0.4, -0.2) is 36.2 Å². The van der Waals surface area contributed by atoms with Crippen molar-refractivity contribution in [2.45, 2.75) is 32.3 Å². The Labute approximate surface area is 85.1 Å². The predicted molar refractivity (Wildman–Crippen MR) is 54.9 cm³/mol. The van der Waals surface area contributed by atoms with Crippen molar-refractivity contribution in [1.82, 2.24) is 10.6 Å². The van der Waals surface area contributed by atoms with Gasteiger partial charge in [0.05, 0.1) is 5.60 Å². The van der Waals surface area contributed by atoms with Crippen molar-refractivity contribution in [2.24, 2.45) is 5.92 Å². The normalized spacial score (nSPS) is 28.8. The van der Waals surface area contributed by atoms with E-state index in [1.54, 1.807) is 0 Å². The second kappa shape index (κ2) is 4.75. The summed E-state index contributed by atoms with van der Waals surface area (Å²) in [4.78, 5) is 11.4. The van der Waals surface area contributed by atoms with Crippen LogP contribution in [0.25, 0.3) is 0 Å². The third kappa shape index (κ3) is 2.96. The number of aliphatic hydroxyl groups is 1. The average molecular weight is 200 g/mol. The first-order valence-corrected chi connectivity index (χ1v) is 5.28. The largest absolute Gasteiger partial charge is 0.387 e. The third-order valence-corrected chi connectivity index (χ3v) is 2.87. The third-order valence-electron chi connectivity index (χ3n) is 2.87. The number of amides is 1. The molecule has 1 aliphatic rings. The van der Waals surface area contributed by atoms with E-state index in [-0.39, 0.29) is 11.8 Å². The second-order valence-electron chi connectivity index (χ2n) is 4.18. The lowest BCUT2D eigenvalue weighted by atomic mass is 10.0. The van der Waals surface area contributed by atoms with Crippen molar-refractivity contribution in [1.29, 1.82) is 0 Å². The van der Waals surface area contributed by atoms with E-state index in [4.69, 9.17) is 0 Å². The van der Waals surface area contributed by atoms with Crippen molar-refractivity contribution in [3.63, 3.8) is 0 Å². The predicted octanol–water partition coefficient (Wildman–Crippen LogP) is -0.127. The summed E-state index contributed by atoms with van der Waals surface area (Å²) in [6.45, 7) is 5.65. The molecular weight excluding hydrogens is 180 g/mol. The first-order chi connectivity index (χ1) is 6.57. The van der Waals surface area contributed by atoms with Crippen molar-refractivity contribution in [3.8, 4) is 0 Å². The van der Waals surface area contributed by atoms with Gasteiger partial charge in [0, 0.05) is 19.0 Å². The molecule has 0 saturated carbocycles. The van der Waals surface area contributed by atoms with Crippen LogP contribution in [-0.2, 0) is 4.79 Å². The maximum absolute atomic E-state index is 11.4. The summed E-state index contributed by atoms with van der Waals surface area (Å²) in [7, 11) is 0. The van der Waals surface area contributed by atoms with Gasteiger partial charge < -0.3 is 15.7 Å². The van der Waals surface area contributed by atoms with E-state index in [0.29, 0.717) is 19.5 Å². The minimum Gasteiger partial charge on any atom is -0.387 e. The van der Waals surface area contributed by atoms with Gasteiger partial charge in [0.2, 0.25) is 5.91 Å². The zero-order chi connectivity index (χ0) is 10.6. The highest BCUT2D eigenvalue weighted by Gasteiger charge is 2.31. The van der Waals surface area contributed by atoms with Gasteiger partial charge >= 0.3 is 0 Å². The smallest absolute Gasteiger partial charge is 0.222 e. The van der Waals surface area contributed by atoms with Crippen LogP contribution >= 0.6 is 0 Å². The molecule has 0 aromatic heterocycles. The molecule has 2 unspecified atom stereocenters. The van der Waals surface area contributed by atoms with Crippen molar-refractivity contribution in [3.05, 3.63) is 0 Å². The van der Waals surface area contributed by atoms with Crippen LogP contribution < -0.4 is 10.6 Å². The first-order valence-electron chi connectivity index (χ1n) is 5.28. The van der Waals surface area contributed by atoms with Crippen LogP contribution in [0.4, 0.5) is 0 Å². The van der Waals surface area contributed by atoms with Crippen LogP contribution in [0.15, 0.2) is 0 Å². The Morgan fingerprint density at radius 1 is 1.71 bits per heavy atom. The molecule has 1 saturated heterocycles. The lowest BCUT2D eigenvalue weighted by molar-refractivity contribution is -0.125. The van der Waals surface area contributed by atoms with Crippen LogP contribution in [0.1, 0.15) is 26.7 Å². The first kappa shape index (κ1) is 11.5. The molecule has 0 bridgehead atoms. The minimum atomic E-state index is -0.733. The molecule has 4 nitrogen and oxygen atoms in total. The molecule has 0 radical (unpaired) electrons. The Morgan fingerprint density at radius 2 is 2.43 bits per heavy atom. The van der Waals surface area contributed by atoms with E-state index in [2.05, 4.69) is 10.6 Å². The van der Waals surface area contributed by atoms with Gasteiger partial charge in [-0.3, -0.25) is 4.79 Å². The topological polar surface area (TPSA) is 61.4 Å². The SMILES string of the molecule is CCC(C)C(=O)NCC1(O)CCNC1. The van der Waals surface area contributed by atoms with Gasteiger partial charge in [-0.2, -0.15) is 0 Å². The number of rotatable bonds is 4. The summed E-state index contributed by atoms with van der Waals surface area (Å²) < 4.78 is 0. The average Bonchev–Trinajstić information content (AvgIpc) is 2.61.